The first kappa shape index (κ1) is 14.3. The third kappa shape index (κ3) is 4.20. The number of methoxy groups -OCH3 is 1. The third-order valence-corrected chi connectivity index (χ3v) is 3.49. The molecular weight excluding hydrogens is 240 g/mol. The fourth-order valence-electron chi connectivity index (χ4n) is 2.55. The summed E-state index contributed by atoms with van der Waals surface area (Å²) in [5.74, 6) is 0. The number of hydrogen-bond donors (Lipinski definition) is 2. The maximum Gasteiger partial charge on any atom is 0.0897 e. The number of aliphatic hydroxyl groups is 1. The van der Waals surface area contributed by atoms with Crippen LogP contribution in [0.25, 0.3) is 0 Å². The van der Waals surface area contributed by atoms with Gasteiger partial charge in [-0.3, -0.25) is 0 Å². The number of ether oxygens (including phenoxy) is 1. The molecule has 0 aliphatic carbocycles. The molecule has 0 amide bonds. The SMILES string of the molecule is COCC(O)CNCc1ccccc1N1CCCC1. The molecule has 106 valence electrons. The zero-order valence-electron chi connectivity index (χ0n) is 11.6. The van der Waals surface area contributed by atoms with Crippen LogP contribution in [0.3, 0.4) is 0 Å². The van der Waals surface area contributed by atoms with Gasteiger partial charge in [0, 0.05) is 39.0 Å². The highest BCUT2D eigenvalue weighted by atomic mass is 16.5. The van der Waals surface area contributed by atoms with Crippen LogP contribution in [0.15, 0.2) is 24.3 Å². The minimum Gasteiger partial charge on any atom is -0.389 e. The number of benzene rings is 1. The molecule has 0 bridgehead atoms. The van der Waals surface area contributed by atoms with Crippen molar-refractivity contribution in [2.45, 2.75) is 25.5 Å². The van der Waals surface area contributed by atoms with Gasteiger partial charge in [-0.05, 0) is 24.5 Å². The zero-order chi connectivity index (χ0) is 13.5. The van der Waals surface area contributed by atoms with Gasteiger partial charge in [-0.2, -0.15) is 0 Å². The van der Waals surface area contributed by atoms with Crippen LogP contribution in [0.1, 0.15) is 18.4 Å². The number of anilines is 1. The molecule has 4 heteroatoms. The van der Waals surface area contributed by atoms with Crippen molar-refractivity contribution in [2.75, 3.05) is 38.3 Å². The van der Waals surface area contributed by atoms with Gasteiger partial charge < -0.3 is 20.1 Å². The highest BCUT2D eigenvalue weighted by molar-refractivity contribution is 5.54. The zero-order valence-corrected chi connectivity index (χ0v) is 11.6. The van der Waals surface area contributed by atoms with Crippen LogP contribution in [0.2, 0.25) is 0 Å². The second kappa shape index (κ2) is 7.48. The number of aliphatic hydroxyl groups excluding tert-OH is 1. The minimum absolute atomic E-state index is 0.376. The summed E-state index contributed by atoms with van der Waals surface area (Å²) in [6, 6.07) is 8.51. The van der Waals surface area contributed by atoms with Gasteiger partial charge in [0.1, 0.15) is 0 Å². The molecule has 1 aliphatic heterocycles. The molecule has 1 atom stereocenters. The quantitative estimate of drug-likeness (QED) is 0.781. The van der Waals surface area contributed by atoms with Crippen molar-refractivity contribution in [1.29, 1.82) is 0 Å². The van der Waals surface area contributed by atoms with Gasteiger partial charge in [0.2, 0.25) is 0 Å². The van der Waals surface area contributed by atoms with E-state index in [0.29, 0.717) is 13.2 Å². The lowest BCUT2D eigenvalue weighted by atomic mass is 10.1. The first-order chi connectivity index (χ1) is 9.31. The number of hydrogen-bond acceptors (Lipinski definition) is 4. The largest absolute Gasteiger partial charge is 0.389 e. The fraction of sp³-hybridized carbons (Fsp3) is 0.600. The lowest BCUT2D eigenvalue weighted by Gasteiger charge is -2.22. The van der Waals surface area contributed by atoms with E-state index in [1.165, 1.54) is 24.1 Å². The van der Waals surface area contributed by atoms with Gasteiger partial charge in [-0.25, -0.2) is 0 Å². The van der Waals surface area contributed by atoms with E-state index in [9.17, 15) is 5.11 Å². The van der Waals surface area contributed by atoms with E-state index in [1.807, 2.05) is 0 Å². The third-order valence-electron chi connectivity index (χ3n) is 3.49. The van der Waals surface area contributed by atoms with Crippen molar-refractivity contribution < 1.29 is 9.84 Å². The average Bonchev–Trinajstić information content (AvgIpc) is 2.93. The fourth-order valence-corrected chi connectivity index (χ4v) is 2.55. The maximum absolute atomic E-state index is 9.61. The maximum atomic E-state index is 9.61. The molecule has 1 heterocycles. The molecule has 1 aliphatic rings. The van der Waals surface area contributed by atoms with Crippen molar-refractivity contribution in [2.24, 2.45) is 0 Å². The molecule has 0 saturated carbocycles. The summed E-state index contributed by atoms with van der Waals surface area (Å²) in [5.41, 5.74) is 2.63. The van der Waals surface area contributed by atoms with Gasteiger partial charge in [-0.15, -0.1) is 0 Å². The Morgan fingerprint density at radius 2 is 2.05 bits per heavy atom. The lowest BCUT2D eigenvalue weighted by Crippen LogP contribution is -2.30. The summed E-state index contributed by atoms with van der Waals surface area (Å²) in [6.07, 6.45) is 2.13. The number of nitrogens with zero attached hydrogens (tertiary/aromatic N) is 1. The Kier molecular flexibility index (Phi) is 5.63. The van der Waals surface area contributed by atoms with Crippen LogP contribution >= 0.6 is 0 Å². The molecular formula is C15H24N2O2. The van der Waals surface area contributed by atoms with E-state index in [0.717, 1.165) is 19.6 Å². The first-order valence-electron chi connectivity index (χ1n) is 7.02. The molecule has 1 aromatic rings. The second-order valence-corrected chi connectivity index (χ2v) is 5.06. The molecule has 19 heavy (non-hydrogen) atoms. The van der Waals surface area contributed by atoms with E-state index in [1.54, 1.807) is 7.11 Å². The highest BCUT2D eigenvalue weighted by Crippen LogP contribution is 2.24. The first-order valence-corrected chi connectivity index (χ1v) is 7.02. The van der Waals surface area contributed by atoms with Crippen molar-refractivity contribution in [1.82, 2.24) is 5.32 Å². The van der Waals surface area contributed by atoms with Crippen LogP contribution in [0, 0.1) is 0 Å². The summed E-state index contributed by atoms with van der Waals surface area (Å²) < 4.78 is 4.91. The Balaban J connectivity index is 1.89. The second-order valence-electron chi connectivity index (χ2n) is 5.06. The summed E-state index contributed by atoms with van der Waals surface area (Å²) >= 11 is 0. The molecule has 1 aromatic carbocycles. The molecule has 0 aromatic heterocycles. The Labute approximate surface area is 115 Å². The molecule has 2 rings (SSSR count). The van der Waals surface area contributed by atoms with Crippen molar-refractivity contribution in [3.63, 3.8) is 0 Å². The van der Waals surface area contributed by atoms with E-state index in [2.05, 4.69) is 34.5 Å². The van der Waals surface area contributed by atoms with Gasteiger partial charge in [0.25, 0.3) is 0 Å². The van der Waals surface area contributed by atoms with Crippen molar-refractivity contribution in [3.05, 3.63) is 29.8 Å². The molecule has 1 unspecified atom stereocenters. The van der Waals surface area contributed by atoms with Crippen LogP contribution in [0.4, 0.5) is 5.69 Å². The van der Waals surface area contributed by atoms with Crippen LogP contribution in [-0.2, 0) is 11.3 Å². The van der Waals surface area contributed by atoms with Gasteiger partial charge in [-0.1, -0.05) is 18.2 Å². The molecule has 1 saturated heterocycles. The van der Waals surface area contributed by atoms with Crippen molar-refractivity contribution >= 4 is 5.69 Å². The average molecular weight is 264 g/mol. The van der Waals surface area contributed by atoms with E-state index in [-0.39, 0.29) is 0 Å². The molecule has 2 N–H and O–H groups in total. The van der Waals surface area contributed by atoms with E-state index >= 15 is 0 Å². The van der Waals surface area contributed by atoms with E-state index in [4.69, 9.17) is 4.74 Å². The highest BCUT2D eigenvalue weighted by Gasteiger charge is 2.15. The van der Waals surface area contributed by atoms with Crippen LogP contribution < -0.4 is 10.2 Å². The monoisotopic (exact) mass is 264 g/mol. The number of para-hydroxylation sites is 1. The molecule has 0 radical (unpaired) electrons. The summed E-state index contributed by atoms with van der Waals surface area (Å²) in [5, 5.41) is 12.9. The summed E-state index contributed by atoms with van der Waals surface area (Å²) in [4.78, 5) is 2.45. The predicted molar refractivity (Wildman–Crippen MR) is 77.5 cm³/mol. The van der Waals surface area contributed by atoms with Crippen LogP contribution in [-0.4, -0.2) is 44.6 Å². The molecule has 0 spiro atoms. The smallest absolute Gasteiger partial charge is 0.0897 e. The minimum atomic E-state index is -0.441. The summed E-state index contributed by atoms with van der Waals surface area (Å²) in [7, 11) is 1.60. The topological polar surface area (TPSA) is 44.7 Å². The molecule has 1 fully saturated rings. The molecule has 4 nitrogen and oxygen atoms in total. The number of nitrogens with one attached hydrogen (secondary N) is 1. The van der Waals surface area contributed by atoms with Gasteiger partial charge >= 0.3 is 0 Å². The normalized spacial score (nSPS) is 16.8. The van der Waals surface area contributed by atoms with Gasteiger partial charge in [0.15, 0.2) is 0 Å². The lowest BCUT2D eigenvalue weighted by molar-refractivity contribution is 0.0644. The Hall–Kier alpha value is -1.10. The Bertz CT molecular complexity index is 378. The van der Waals surface area contributed by atoms with Crippen molar-refractivity contribution in [3.8, 4) is 0 Å². The van der Waals surface area contributed by atoms with E-state index < -0.39 is 6.10 Å². The predicted octanol–water partition coefficient (Wildman–Crippen LogP) is 1.38. The van der Waals surface area contributed by atoms with Crippen LogP contribution in [0.5, 0.6) is 0 Å². The van der Waals surface area contributed by atoms with Gasteiger partial charge in [0.05, 0.1) is 12.7 Å². The summed E-state index contributed by atoms with van der Waals surface area (Å²) in [6.45, 7) is 4.03. The Morgan fingerprint density at radius 3 is 2.79 bits per heavy atom. The number of rotatable bonds is 7. The standard InChI is InChI=1S/C15H24N2O2/c1-19-12-14(18)11-16-10-13-6-2-3-7-15(13)17-8-4-5-9-17/h2-3,6-7,14,16,18H,4-5,8-12H2,1H3. The Morgan fingerprint density at radius 1 is 1.32 bits per heavy atom.